The molecule has 0 atom stereocenters. The van der Waals surface area contributed by atoms with E-state index < -0.39 is 0 Å². The Bertz CT molecular complexity index is 515. The number of hydrogen-bond donors (Lipinski definition) is 0. The molecule has 1 nitrogen and oxygen atoms in total. The van der Waals surface area contributed by atoms with Crippen molar-refractivity contribution in [2.75, 3.05) is 0 Å². The van der Waals surface area contributed by atoms with Crippen molar-refractivity contribution in [1.82, 2.24) is 0 Å². The van der Waals surface area contributed by atoms with Gasteiger partial charge < -0.3 is 0 Å². The predicted molar refractivity (Wildman–Crippen MR) is 55.3 cm³/mol. The lowest BCUT2D eigenvalue weighted by Gasteiger charge is -1.86. The van der Waals surface area contributed by atoms with E-state index in [0.717, 1.165) is 7.84 Å². The number of rotatable bonds is 0. The molecule has 12 heavy (non-hydrogen) atoms. The molecular formula is C8H3NS3. The molecule has 0 aliphatic rings. The molecule has 0 N–H and O–H groups in total. The Morgan fingerprint density at radius 1 is 1.25 bits per heavy atom. The molecular weight excluding hydrogens is 206 g/mol. The van der Waals surface area contributed by atoms with Crippen molar-refractivity contribution in [3.8, 4) is 6.07 Å². The van der Waals surface area contributed by atoms with Gasteiger partial charge in [-0.3, -0.25) is 0 Å². The standard InChI is InChI=1S/C8H3NS3/c9-4-5-1-2-6-7(3-5)12-8(10)11-6/h1-3H. The Hall–Kier alpha value is -0.760. The molecule has 0 aliphatic carbocycles. The number of nitrogens with zero attached hydrogens (tertiary/aromatic N) is 1. The van der Waals surface area contributed by atoms with Crippen LogP contribution in [0.15, 0.2) is 18.2 Å². The SMILES string of the molecule is N#Cc1ccc2sc(=S)sc2c1. The fourth-order valence-electron chi connectivity index (χ4n) is 0.942. The maximum Gasteiger partial charge on any atom is 0.144 e. The highest BCUT2D eigenvalue weighted by Crippen LogP contribution is 2.28. The second kappa shape index (κ2) is 2.94. The minimum absolute atomic E-state index is 0.701. The van der Waals surface area contributed by atoms with Crippen molar-refractivity contribution in [3.63, 3.8) is 0 Å². The van der Waals surface area contributed by atoms with Gasteiger partial charge in [0.25, 0.3) is 0 Å². The molecule has 4 heteroatoms. The summed E-state index contributed by atoms with van der Waals surface area (Å²) in [6, 6.07) is 7.76. The second-order valence-electron chi connectivity index (χ2n) is 2.23. The number of nitriles is 1. The summed E-state index contributed by atoms with van der Waals surface area (Å²) in [6.45, 7) is 0. The summed E-state index contributed by atoms with van der Waals surface area (Å²) in [5.74, 6) is 0. The zero-order valence-corrected chi connectivity index (χ0v) is 8.35. The van der Waals surface area contributed by atoms with Gasteiger partial charge in [-0.25, -0.2) is 0 Å². The minimum Gasteiger partial charge on any atom is -0.192 e. The van der Waals surface area contributed by atoms with Crippen LogP contribution in [0.25, 0.3) is 9.40 Å². The van der Waals surface area contributed by atoms with E-state index in [1.54, 1.807) is 22.7 Å². The lowest BCUT2D eigenvalue weighted by Crippen LogP contribution is -1.68. The van der Waals surface area contributed by atoms with Crippen LogP contribution < -0.4 is 0 Å². The monoisotopic (exact) mass is 209 g/mol. The Morgan fingerprint density at radius 2 is 2.00 bits per heavy atom. The summed E-state index contributed by atoms with van der Waals surface area (Å²) in [4.78, 5) is 0. The molecule has 2 rings (SSSR count). The third-order valence-electron chi connectivity index (χ3n) is 1.46. The normalized spacial score (nSPS) is 9.92. The molecule has 0 amide bonds. The van der Waals surface area contributed by atoms with Gasteiger partial charge in [0.05, 0.1) is 11.6 Å². The van der Waals surface area contributed by atoms with Crippen molar-refractivity contribution in [2.45, 2.75) is 0 Å². The quantitative estimate of drug-likeness (QED) is 0.619. The second-order valence-corrected chi connectivity index (χ2v) is 5.52. The van der Waals surface area contributed by atoms with Crippen LogP contribution in [-0.4, -0.2) is 0 Å². The number of benzene rings is 1. The molecule has 2 aromatic rings. The van der Waals surface area contributed by atoms with E-state index in [4.69, 9.17) is 17.5 Å². The van der Waals surface area contributed by atoms with E-state index in [-0.39, 0.29) is 0 Å². The summed E-state index contributed by atoms with van der Waals surface area (Å²) in [5, 5.41) is 8.64. The Kier molecular flexibility index (Phi) is 1.93. The first-order valence-corrected chi connectivity index (χ1v) is 5.27. The molecule has 1 aromatic carbocycles. The van der Waals surface area contributed by atoms with Gasteiger partial charge in [0, 0.05) is 9.40 Å². The van der Waals surface area contributed by atoms with E-state index in [0.29, 0.717) is 5.56 Å². The fourth-order valence-corrected chi connectivity index (χ4v) is 3.45. The van der Waals surface area contributed by atoms with Gasteiger partial charge in [0.1, 0.15) is 3.14 Å². The van der Waals surface area contributed by atoms with Crippen molar-refractivity contribution in [3.05, 3.63) is 26.9 Å². The van der Waals surface area contributed by atoms with E-state index in [1.807, 2.05) is 18.2 Å². The van der Waals surface area contributed by atoms with Crippen LogP contribution in [0.3, 0.4) is 0 Å². The molecule has 1 heterocycles. The Morgan fingerprint density at radius 3 is 2.75 bits per heavy atom. The van der Waals surface area contributed by atoms with Gasteiger partial charge in [0.15, 0.2) is 0 Å². The van der Waals surface area contributed by atoms with E-state index in [1.165, 1.54) is 4.70 Å². The Balaban J connectivity index is 2.85. The van der Waals surface area contributed by atoms with Crippen LogP contribution in [0.2, 0.25) is 0 Å². The largest absolute Gasteiger partial charge is 0.192 e. The number of fused-ring (bicyclic) bond motifs is 1. The number of hydrogen-bond acceptors (Lipinski definition) is 4. The van der Waals surface area contributed by atoms with Crippen molar-refractivity contribution in [2.24, 2.45) is 0 Å². The third-order valence-corrected chi connectivity index (χ3v) is 4.06. The van der Waals surface area contributed by atoms with Gasteiger partial charge in [0.2, 0.25) is 0 Å². The predicted octanol–water partition coefficient (Wildman–Crippen LogP) is 3.56. The summed E-state index contributed by atoms with van der Waals surface area (Å²) in [5.41, 5.74) is 0.701. The molecule has 0 radical (unpaired) electrons. The maximum atomic E-state index is 8.64. The molecule has 0 bridgehead atoms. The highest BCUT2D eigenvalue weighted by Gasteiger charge is 1.98. The molecule has 0 aliphatic heterocycles. The third kappa shape index (κ3) is 1.27. The average molecular weight is 209 g/mol. The minimum atomic E-state index is 0.701. The smallest absolute Gasteiger partial charge is 0.144 e. The topological polar surface area (TPSA) is 23.8 Å². The average Bonchev–Trinajstić information content (AvgIpc) is 2.43. The van der Waals surface area contributed by atoms with Crippen LogP contribution in [0.4, 0.5) is 0 Å². The molecule has 0 unspecified atom stereocenters. The first-order chi connectivity index (χ1) is 5.79. The first kappa shape index (κ1) is 7.87. The lowest BCUT2D eigenvalue weighted by atomic mass is 10.2. The molecule has 0 spiro atoms. The van der Waals surface area contributed by atoms with Crippen molar-refractivity contribution >= 4 is 44.3 Å². The van der Waals surface area contributed by atoms with Gasteiger partial charge in [-0.05, 0) is 18.2 Å². The summed E-state index contributed by atoms with van der Waals surface area (Å²) in [7, 11) is 0. The Labute approximate surface area is 82.5 Å². The van der Waals surface area contributed by atoms with Gasteiger partial charge >= 0.3 is 0 Å². The lowest BCUT2D eigenvalue weighted by molar-refractivity contribution is 1.50. The van der Waals surface area contributed by atoms with Gasteiger partial charge in [-0.15, -0.1) is 22.7 Å². The van der Waals surface area contributed by atoms with Crippen LogP contribution in [0, 0.1) is 14.5 Å². The first-order valence-electron chi connectivity index (χ1n) is 3.23. The van der Waals surface area contributed by atoms with E-state index in [9.17, 15) is 0 Å². The molecule has 0 saturated carbocycles. The highest BCUT2D eigenvalue weighted by atomic mass is 32.2. The molecule has 58 valence electrons. The highest BCUT2D eigenvalue weighted by molar-refractivity contribution is 7.77. The zero-order chi connectivity index (χ0) is 8.55. The van der Waals surface area contributed by atoms with Gasteiger partial charge in [-0.1, -0.05) is 12.2 Å². The molecule has 0 fully saturated rings. The van der Waals surface area contributed by atoms with Gasteiger partial charge in [-0.2, -0.15) is 5.26 Å². The van der Waals surface area contributed by atoms with Crippen LogP contribution >= 0.6 is 34.9 Å². The van der Waals surface area contributed by atoms with Crippen LogP contribution in [0.1, 0.15) is 5.56 Å². The van der Waals surface area contributed by atoms with Crippen molar-refractivity contribution in [1.29, 1.82) is 5.26 Å². The molecule has 1 aromatic heterocycles. The zero-order valence-electron chi connectivity index (χ0n) is 5.90. The van der Waals surface area contributed by atoms with E-state index in [2.05, 4.69) is 6.07 Å². The van der Waals surface area contributed by atoms with E-state index >= 15 is 0 Å². The summed E-state index contributed by atoms with van der Waals surface area (Å²) < 4.78 is 3.20. The summed E-state index contributed by atoms with van der Waals surface area (Å²) in [6.07, 6.45) is 0. The van der Waals surface area contributed by atoms with Crippen molar-refractivity contribution < 1.29 is 0 Å². The summed E-state index contributed by atoms with van der Waals surface area (Å²) >= 11 is 8.21. The van der Waals surface area contributed by atoms with Crippen LogP contribution in [-0.2, 0) is 0 Å². The maximum absolute atomic E-state index is 8.64. The molecule has 0 saturated heterocycles. The fraction of sp³-hybridized carbons (Fsp3) is 0. The van der Waals surface area contributed by atoms with Crippen LogP contribution in [0.5, 0.6) is 0 Å².